The molecule has 1 rings (SSSR count). The number of hydrogen-bond acceptors (Lipinski definition) is 4. The molecule has 0 spiro atoms. The lowest BCUT2D eigenvalue weighted by Crippen LogP contribution is -2.13. The number of aromatic nitrogens is 1. The minimum atomic E-state index is -2.22. The van der Waals surface area contributed by atoms with Gasteiger partial charge in [-0.1, -0.05) is 24.9 Å². The minimum Gasteiger partial charge on any atom is -0.464 e. The Morgan fingerprint density at radius 1 is 1.67 bits per heavy atom. The molecule has 0 atom stereocenters. The zero-order chi connectivity index (χ0) is 15.2. The zero-order valence-corrected chi connectivity index (χ0v) is 12.3. The van der Waals surface area contributed by atoms with Gasteiger partial charge >= 0.3 is 5.97 Å². The van der Waals surface area contributed by atoms with Crippen LogP contribution in [-0.4, -0.2) is 24.2 Å². The molecular weight excluding hydrogens is 321 g/mol. The van der Waals surface area contributed by atoms with Crippen molar-refractivity contribution < 1.29 is 17.0 Å². The van der Waals surface area contributed by atoms with Crippen LogP contribution in [0.25, 0.3) is 0 Å². The highest BCUT2D eigenvalue weighted by Gasteiger charge is 2.06. The summed E-state index contributed by atoms with van der Waals surface area (Å²) in [5.41, 5.74) is 0.0169. The number of carbonyl (C=O) groups excluding carboxylic acids is 1. The lowest BCUT2D eigenvalue weighted by atomic mass is 10.4. The predicted octanol–water partition coefficient (Wildman–Crippen LogP) is 3.36. The van der Waals surface area contributed by atoms with Crippen LogP contribution in [0.4, 0.5) is 0 Å². The van der Waals surface area contributed by atoms with Gasteiger partial charge in [0.2, 0.25) is 0 Å². The Morgan fingerprint density at radius 3 is 3.11 bits per heavy atom. The second-order valence-electron chi connectivity index (χ2n) is 3.45. The van der Waals surface area contributed by atoms with Gasteiger partial charge in [-0.25, -0.2) is 4.79 Å². The summed E-state index contributed by atoms with van der Waals surface area (Å²) in [6.07, 6.45) is 2.99. The van der Waals surface area contributed by atoms with Crippen LogP contribution in [0, 0.1) is 0 Å². The van der Waals surface area contributed by atoms with Gasteiger partial charge in [-0.2, -0.15) is 0 Å². The lowest BCUT2D eigenvalue weighted by molar-refractivity contribution is -0.149. The van der Waals surface area contributed by atoms with Crippen LogP contribution in [0.1, 0.15) is 28.2 Å². The number of halogens is 2. The molecule has 1 heterocycles. The van der Waals surface area contributed by atoms with Gasteiger partial charge in [0.15, 0.2) is 0 Å². The van der Waals surface area contributed by atoms with Crippen molar-refractivity contribution in [1.82, 2.24) is 4.98 Å². The lowest BCUT2D eigenvalue weighted by Gasteiger charge is -2.06. The quantitative estimate of drug-likeness (QED) is 0.565. The molecule has 100 valence electrons. The minimum absolute atomic E-state index is 0.0169. The zero-order valence-electron chi connectivity index (χ0n) is 11.9. The fraction of sp³-hybridized carbons (Fsp3) is 0.500. The summed E-state index contributed by atoms with van der Waals surface area (Å²) < 4.78 is 25.8. The summed E-state index contributed by atoms with van der Waals surface area (Å²) >= 11 is 8.89. The third-order valence-electron chi connectivity index (χ3n) is 1.93. The molecule has 18 heavy (non-hydrogen) atoms. The van der Waals surface area contributed by atoms with E-state index in [1.165, 1.54) is 12.3 Å². The first-order chi connectivity index (χ1) is 9.36. The Balaban J connectivity index is 2.58. The van der Waals surface area contributed by atoms with Crippen LogP contribution in [0.2, 0.25) is 5.02 Å². The van der Waals surface area contributed by atoms with Gasteiger partial charge in [0, 0.05) is 10.7 Å². The highest BCUT2D eigenvalue weighted by Crippen LogP contribution is 2.19. The smallest absolute Gasteiger partial charge is 0.332 e. The van der Waals surface area contributed by atoms with Crippen LogP contribution < -0.4 is 0 Å². The Hall–Kier alpha value is -0.650. The molecule has 1 aromatic heterocycles. The summed E-state index contributed by atoms with van der Waals surface area (Å²) in [4.78, 5) is 15.2. The Bertz CT molecular complexity index is 474. The van der Waals surface area contributed by atoms with Crippen LogP contribution in [0.5, 0.6) is 0 Å². The molecule has 0 fully saturated rings. The van der Waals surface area contributed by atoms with Crippen molar-refractivity contribution in [3.63, 3.8) is 0 Å². The molecule has 0 bridgehead atoms. The molecular formula is C12H15BrClNO3. The first-order valence-electron chi connectivity index (χ1n) is 6.48. The van der Waals surface area contributed by atoms with Crippen molar-refractivity contribution in [2.24, 2.45) is 0 Å². The van der Waals surface area contributed by atoms with Crippen molar-refractivity contribution in [3.8, 4) is 0 Å². The van der Waals surface area contributed by atoms with E-state index in [4.69, 9.17) is 23.8 Å². The molecule has 0 saturated carbocycles. The van der Waals surface area contributed by atoms with Crippen LogP contribution in [0.3, 0.4) is 0 Å². The maximum absolute atomic E-state index is 11.4. The summed E-state index contributed by atoms with van der Waals surface area (Å²) in [7, 11) is 0. The van der Waals surface area contributed by atoms with Crippen molar-refractivity contribution in [1.29, 1.82) is 0 Å². The number of rotatable bonds is 7. The number of carbonyl (C=O) groups is 1. The molecule has 0 saturated heterocycles. The van der Waals surface area contributed by atoms with Gasteiger partial charge < -0.3 is 9.47 Å². The van der Waals surface area contributed by atoms with E-state index in [2.05, 4.69) is 20.9 Å². The number of unbranched alkanes of at least 4 members (excludes halogenated alkanes) is 1. The topological polar surface area (TPSA) is 48.4 Å². The average Bonchev–Trinajstić information content (AvgIpc) is 2.36. The fourth-order valence-corrected chi connectivity index (χ4v) is 1.74. The molecule has 6 heteroatoms. The van der Waals surface area contributed by atoms with Gasteiger partial charge in [-0.05, 0) is 28.4 Å². The second-order valence-corrected chi connectivity index (χ2v) is 4.74. The van der Waals surface area contributed by atoms with Gasteiger partial charge in [0.05, 0.1) is 26.6 Å². The summed E-state index contributed by atoms with van der Waals surface area (Å²) in [5, 5.41) is 0.371. The molecule has 0 aliphatic rings. The van der Waals surface area contributed by atoms with Crippen LogP contribution >= 0.6 is 27.5 Å². The number of hydrogen-bond donors (Lipinski definition) is 0. The maximum Gasteiger partial charge on any atom is 0.332 e. The predicted molar refractivity (Wildman–Crippen MR) is 72.5 cm³/mol. The summed E-state index contributed by atoms with van der Waals surface area (Å²) in [6.45, 7) is -0.405. The highest BCUT2D eigenvalue weighted by atomic mass is 79.9. The van der Waals surface area contributed by atoms with Gasteiger partial charge in [-0.3, -0.25) is 4.98 Å². The highest BCUT2D eigenvalue weighted by molar-refractivity contribution is 9.10. The average molecular weight is 339 g/mol. The van der Waals surface area contributed by atoms with E-state index >= 15 is 0 Å². The Morgan fingerprint density at radius 2 is 2.44 bits per heavy atom. The molecule has 0 unspecified atom stereocenters. The van der Waals surface area contributed by atoms with E-state index in [1.54, 1.807) is 0 Å². The van der Waals surface area contributed by atoms with Crippen molar-refractivity contribution >= 4 is 33.5 Å². The largest absolute Gasteiger partial charge is 0.464 e. The number of nitrogens with zero attached hydrogens (tertiary/aromatic N) is 1. The van der Waals surface area contributed by atoms with E-state index in [-0.39, 0.29) is 5.69 Å². The van der Waals surface area contributed by atoms with Gasteiger partial charge in [0.25, 0.3) is 0 Å². The van der Waals surface area contributed by atoms with Crippen LogP contribution in [0.15, 0.2) is 16.7 Å². The van der Waals surface area contributed by atoms with Gasteiger partial charge in [-0.15, -0.1) is 0 Å². The van der Waals surface area contributed by atoms with Crippen molar-refractivity contribution in [3.05, 3.63) is 27.5 Å². The molecule has 0 aliphatic carbocycles. The van der Waals surface area contributed by atoms with E-state index in [0.29, 0.717) is 16.1 Å². The van der Waals surface area contributed by atoms with E-state index in [9.17, 15) is 4.79 Å². The summed E-state index contributed by atoms with van der Waals surface area (Å²) in [6, 6.07) is 1.50. The Kier molecular flexibility index (Phi) is 5.82. The molecule has 4 nitrogen and oxygen atoms in total. The van der Waals surface area contributed by atoms with E-state index in [1.807, 2.05) is 6.92 Å². The first kappa shape index (κ1) is 12.4. The third kappa shape index (κ3) is 5.80. The van der Waals surface area contributed by atoms with E-state index < -0.39 is 19.1 Å². The molecule has 0 aliphatic heterocycles. The van der Waals surface area contributed by atoms with Crippen molar-refractivity contribution in [2.45, 2.75) is 26.3 Å². The first-order valence-corrected chi connectivity index (χ1v) is 6.65. The number of pyridine rings is 1. The van der Waals surface area contributed by atoms with Crippen LogP contribution in [-0.2, 0) is 20.8 Å². The maximum atomic E-state index is 11.4. The number of ether oxygens (including phenoxy) is 2. The molecule has 0 aromatic carbocycles. The van der Waals surface area contributed by atoms with Gasteiger partial charge in [0.1, 0.15) is 6.61 Å². The fourth-order valence-electron chi connectivity index (χ4n) is 1.03. The third-order valence-corrected chi connectivity index (χ3v) is 2.74. The molecule has 0 amide bonds. The molecule has 0 radical (unpaired) electrons. The van der Waals surface area contributed by atoms with E-state index in [0.717, 1.165) is 12.8 Å². The number of esters is 1. The second kappa shape index (κ2) is 8.45. The normalized spacial score (nSPS) is 12.8. The molecule has 1 aromatic rings. The molecule has 0 N–H and O–H groups in total. The Labute approximate surface area is 123 Å². The SMILES string of the molecule is [2H]C([2H])(OCC(=O)OCCCC)c1ncc(Cl)cc1Br. The standard InChI is InChI=1S/C12H15BrClNO3/c1-2-3-4-18-12(16)8-17-7-11-10(13)5-9(14)6-15-11/h5-6H,2-4,7-8H2,1H3/i7D2. The summed E-state index contributed by atoms with van der Waals surface area (Å²) in [5.74, 6) is -0.604. The van der Waals surface area contributed by atoms with Crippen molar-refractivity contribution in [2.75, 3.05) is 13.2 Å². The monoisotopic (exact) mass is 337 g/mol.